The molecule has 0 saturated carbocycles. The normalized spacial score (nSPS) is 14.3. The summed E-state index contributed by atoms with van der Waals surface area (Å²) >= 11 is 0. The van der Waals surface area contributed by atoms with Crippen LogP contribution in [0.2, 0.25) is 0 Å². The molecule has 0 spiro atoms. The number of carboxylic acid groups (broad SMARTS) is 1. The number of ether oxygens (including phenoxy) is 2. The van der Waals surface area contributed by atoms with E-state index >= 15 is 0 Å². The average molecular weight is 824 g/mol. The number of phosphoric acid groups is 1. The highest BCUT2D eigenvalue weighted by Crippen LogP contribution is 2.43. The van der Waals surface area contributed by atoms with Gasteiger partial charge in [0.15, 0.2) is 6.10 Å². The first kappa shape index (κ1) is 54.2. The van der Waals surface area contributed by atoms with Crippen LogP contribution in [0.3, 0.4) is 0 Å². The van der Waals surface area contributed by atoms with Gasteiger partial charge >= 0.3 is 25.7 Å². The van der Waals surface area contributed by atoms with E-state index in [-0.39, 0.29) is 19.4 Å². The number of rotatable bonds is 40. The van der Waals surface area contributed by atoms with Crippen molar-refractivity contribution in [3.8, 4) is 0 Å². The third-order valence-electron chi connectivity index (χ3n) is 8.99. The van der Waals surface area contributed by atoms with Gasteiger partial charge in [-0.3, -0.25) is 23.4 Å². The maximum absolute atomic E-state index is 12.6. The second kappa shape index (κ2) is 40.0. The van der Waals surface area contributed by atoms with Crippen LogP contribution in [0.4, 0.5) is 0 Å². The molecule has 0 aliphatic carbocycles. The first-order chi connectivity index (χ1) is 27.6. The van der Waals surface area contributed by atoms with E-state index < -0.39 is 51.1 Å². The molecule has 0 heterocycles. The maximum Gasteiger partial charge on any atom is 0.472 e. The lowest BCUT2D eigenvalue weighted by Gasteiger charge is -2.20. The Kier molecular flexibility index (Phi) is 38.0. The first-order valence-electron chi connectivity index (χ1n) is 21.8. The second-order valence-corrected chi connectivity index (χ2v) is 15.9. The number of esters is 2. The lowest BCUT2D eigenvalue weighted by atomic mass is 10.1. The van der Waals surface area contributed by atoms with Crippen LogP contribution in [-0.2, 0) is 37.5 Å². The molecule has 328 valence electrons. The molecule has 0 aromatic heterocycles. The minimum atomic E-state index is -4.73. The number of nitrogens with two attached hydrogens (primary N) is 1. The van der Waals surface area contributed by atoms with E-state index in [9.17, 15) is 23.8 Å². The lowest BCUT2D eigenvalue weighted by Crippen LogP contribution is -2.34. The van der Waals surface area contributed by atoms with Crippen LogP contribution in [0.5, 0.6) is 0 Å². The van der Waals surface area contributed by atoms with Crippen LogP contribution in [-0.4, -0.2) is 59.9 Å². The Labute approximate surface area is 345 Å². The molecule has 57 heavy (non-hydrogen) atoms. The minimum Gasteiger partial charge on any atom is -0.480 e. The SMILES string of the molecule is CCCC/C=C\C/C=C\CCCCCCCC(=O)OCC(COP(=O)(O)OCC(N)C(=O)O)OC(=O)CCCCCCCC/C=C\C/C=C\C/C=C\CCCCC. The highest BCUT2D eigenvalue weighted by atomic mass is 31.2. The second-order valence-electron chi connectivity index (χ2n) is 14.5. The Morgan fingerprint density at radius 3 is 1.44 bits per heavy atom. The molecular formula is C45H78NO10P. The Bertz CT molecular complexity index is 1200. The fourth-order valence-corrected chi connectivity index (χ4v) is 6.28. The number of unbranched alkanes of at least 4 members (excludes halogenated alkanes) is 16. The number of allylic oxidation sites excluding steroid dienone is 10. The van der Waals surface area contributed by atoms with Gasteiger partial charge in [0.25, 0.3) is 0 Å². The van der Waals surface area contributed by atoms with Gasteiger partial charge < -0.3 is 25.2 Å². The number of phosphoric ester groups is 1. The van der Waals surface area contributed by atoms with Crippen LogP contribution in [0.25, 0.3) is 0 Å². The summed E-state index contributed by atoms with van der Waals surface area (Å²) in [6.07, 6.45) is 45.6. The van der Waals surface area contributed by atoms with E-state index in [1.807, 2.05) is 0 Å². The van der Waals surface area contributed by atoms with Gasteiger partial charge in [0.05, 0.1) is 13.2 Å². The molecule has 4 N–H and O–H groups in total. The molecular weight excluding hydrogens is 745 g/mol. The zero-order valence-electron chi connectivity index (χ0n) is 35.4. The first-order valence-corrected chi connectivity index (χ1v) is 23.3. The van der Waals surface area contributed by atoms with Gasteiger partial charge in [-0.15, -0.1) is 0 Å². The van der Waals surface area contributed by atoms with Crippen molar-refractivity contribution in [3.05, 3.63) is 60.8 Å². The number of hydrogen-bond donors (Lipinski definition) is 3. The van der Waals surface area contributed by atoms with Crippen molar-refractivity contribution in [2.24, 2.45) is 5.73 Å². The quantitative estimate of drug-likeness (QED) is 0.0232. The van der Waals surface area contributed by atoms with E-state index in [2.05, 4.69) is 79.1 Å². The van der Waals surface area contributed by atoms with Crippen molar-refractivity contribution >= 4 is 25.7 Å². The van der Waals surface area contributed by atoms with Crippen LogP contribution in [0, 0.1) is 0 Å². The molecule has 0 aromatic rings. The van der Waals surface area contributed by atoms with E-state index in [0.717, 1.165) is 96.3 Å². The van der Waals surface area contributed by atoms with E-state index in [1.54, 1.807) is 0 Å². The summed E-state index contributed by atoms with van der Waals surface area (Å²) in [5.41, 5.74) is 5.33. The Balaban J connectivity index is 4.41. The van der Waals surface area contributed by atoms with Crippen molar-refractivity contribution in [1.29, 1.82) is 0 Å². The van der Waals surface area contributed by atoms with Gasteiger partial charge in [0, 0.05) is 12.8 Å². The van der Waals surface area contributed by atoms with Crippen molar-refractivity contribution < 1.29 is 47.5 Å². The Morgan fingerprint density at radius 1 is 0.544 bits per heavy atom. The molecule has 0 amide bonds. The molecule has 12 heteroatoms. The standard InChI is InChI=1S/C45H78NO10P/c1-3-5-7-9-11-13-15-17-19-20-21-22-23-25-27-29-31-33-35-37-44(48)56-41(39-54-57(51,52)55-40-42(46)45(49)50)38-53-43(47)36-34-32-30-28-26-24-18-16-14-12-10-8-6-4-2/h10-13,16-19,21-22,41-42H,3-9,14-15,20,23-40,46H2,1-2H3,(H,49,50)(H,51,52)/b12-10-,13-11-,18-16-,19-17-,22-21-. The fourth-order valence-electron chi connectivity index (χ4n) is 5.50. The number of hydrogen-bond acceptors (Lipinski definition) is 9. The molecule has 0 aliphatic rings. The van der Waals surface area contributed by atoms with Crippen molar-refractivity contribution in [1.82, 2.24) is 0 Å². The molecule has 0 fully saturated rings. The largest absolute Gasteiger partial charge is 0.480 e. The van der Waals surface area contributed by atoms with E-state index in [4.69, 9.17) is 24.8 Å². The highest BCUT2D eigenvalue weighted by Gasteiger charge is 2.28. The summed E-state index contributed by atoms with van der Waals surface area (Å²) in [5, 5.41) is 8.89. The van der Waals surface area contributed by atoms with Gasteiger partial charge in [0.2, 0.25) is 0 Å². The summed E-state index contributed by atoms with van der Waals surface area (Å²) in [5.74, 6) is -2.42. The molecule has 0 saturated heterocycles. The molecule has 3 unspecified atom stereocenters. The van der Waals surface area contributed by atoms with Crippen LogP contribution in [0.1, 0.15) is 174 Å². The number of carboxylic acids is 1. The average Bonchev–Trinajstić information content (AvgIpc) is 3.19. The van der Waals surface area contributed by atoms with Crippen LogP contribution in [0.15, 0.2) is 60.8 Å². The summed E-state index contributed by atoms with van der Waals surface area (Å²) in [6, 6.07) is -1.53. The Hall–Kier alpha value is -2.82. The van der Waals surface area contributed by atoms with Gasteiger partial charge in [-0.25, -0.2) is 4.57 Å². The van der Waals surface area contributed by atoms with Gasteiger partial charge in [0.1, 0.15) is 12.6 Å². The van der Waals surface area contributed by atoms with Crippen LogP contribution >= 0.6 is 7.82 Å². The third-order valence-corrected chi connectivity index (χ3v) is 9.94. The van der Waals surface area contributed by atoms with Gasteiger partial charge in [-0.2, -0.15) is 0 Å². The van der Waals surface area contributed by atoms with Gasteiger partial charge in [-0.1, -0.05) is 145 Å². The molecule has 0 aliphatic heterocycles. The smallest absolute Gasteiger partial charge is 0.472 e. The molecule has 0 bridgehead atoms. The zero-order valence-corrected chi connectivity index (χ0v) is 36.3. The zero-order chi connectivity index (χ0) is 42.1. The predicted octanol–water partition coefficient (Wildman–Crippen LogP) is 11.6. The molecule has 0 radical (unpaired) electrons. The fraction of sp³-hybridized carbons (Fsp3) is 0.711. The lowest BCUT2D eigenvalue weighted by molar-refractivity contribution is -0.161. The van der Waals surface area contributed by atoms with Crippen LogP contribution < -0.4 is 5.73 Å². The van der Waals surface area contributed by atoms with E-state index in [1.165, 1.54) is 38.5 Å². The summed E-state index contributed by atoms with van der Waals surface area (Å²) in [4.78, 5) is 45.9. The topological polar surface area (TPSA) is 172 Å². The highest BCUT2D eigenvalue weighted by molar-refractivity contribution is 7.47. The summed E-state index contributed by atoms with van der Waals surface area (Å²) < 4.78 is 32.7. The summed E-state index contributed by atoms with van der Waals surface area (Å²) in [7, 11) is -4.73. The molecule has 11 nitrogen and oxygen atoms in total. The summed E-state index contributed by atoms with van der Waals surface area (Å²) in [6.45, 7) is 2.70. The van der Waals surface area contributed by atoms with Crippen molar-refractivity contribution in [2.75, 3.05) is 19.8 Å². The number of carbonyl (C=O) groups is 3. The molecule has 3 atom stereocenters. The minimum absolute atomic E-state index is 0.141. The number of carbonyl (C=O) groups excluding carboxylic acids is 2. The monoisotopic (exact) mass is 824 g/mol. The van der Waals surface area contributed by atoms with Crippen molar-refractivity contribution in [2.45, 2.75) is 187 Å². The Morgan fingerprint density at radius 2 is 0.947 bits per heavy atom. The predicted molar refractivity (Wildman–Crippen MR) is 231 cm³/mol. The number of aliphatic carboxylic acids is 1. The van der Waals surface area contributed by atoms with E-state index in [0.29, 0.717) is 12.8 Å². The van der Waals surface area contributed by atoms with Crippen molar-refractivity contribution in [3.63, 3.8) is 0 Å². The third kappa shape index (κ3) is 39.8. The maximum atomic E-state index is 12.6. The van der Waals surface area contributed by atoms with Gasteiger partial charge in [-0.05, 0) is 77.0 Å². The molecule has 0 aromatic carbocycles. The molecule has 0 rings (SSSR count).